The Labute approximate surface area is 326 Å². The molecule has 2 aliphatic rings. The molecule has 0 aliphatic heterocycles. The summed E-state index contributed by atoms with van der Waals surface area (Å²) in [5.74, 6) is 1.93. The van der Waals surface area contributed by atoms with Crippen molar-refractivity contribution in [2.45, 2.75) is 12.3 Å². The van der Waals surface area contributed by atoms with E-state index in [9.17, 15) is 0 Å². The molecule has 0 amide bonds. The fourth-order valence-electron chi connectivity index (χ4n) is 9.04. The van der Waals surface area contributed by atoms with Gasteiger partial charge in [-0.15, -0.1) is 0 Å². The topological polar surface area (TPSA) is 38.7 Å². The minimum absolute atomic E-state index is 0.459. The Balaban J connectivity index is 1.10. The van der Waals surface area contributed by atoms with E-state index in [2.05, 4.69) is 189 Å². The van der Waals surface area contributed by atoms with Crippen LogP contribution in [0, 0.1) is 6.92 Å². The number of aryl methyl sites for hydroxylation is 1. The van der Waals surface area contributed by atoms with Gasteiger partial charge in [0.25, 0.3) is 0 Å². The monoisotopic (exact) mass is 713 g/mol. The van der Waals surface area contributed by atoms with Crippen LogP contribution in [0.1, 0.15) is 27.8 Å². The standard InChI is InChI=1S/C53H35N3/c1-34-20-30-44-45-31-29-41(33-49(45)53(48(44)32-34)46-18-10-8-16-42(46)43-17-9-11-19-47(43)53)52-55-50(39-25-21-37(22-26-39)35-12-4-2-5-13-35)54-51(56-52)40-27-23-38(24-28-40)36-14-6-3-7-15-36/h2-33H,1H3. The lowest BCUT2D eigenvalue weighted by atomic mass is 9.70. The molecule has 0 N–H and O–H groups in total. The van der Waals surface area contributed by atoms with E-state index in [1.165, 1.54) is 61.2 Å². The first-order valence-corrected chi connectivity index (χ1v) is 19.2. The summed E-state index contributed by atoms with van der Waals surface area (Å²) in [5.41, 5.74) is 18.6. The SMILES string of the molecule is Cc1ccc2c(c1)C1(c3ccccc3-c3ccccc31)c1cc(-c3nc(-c4ccc(-c5ccccc5)cc4)nc(-c4ccc(-c5ccccc5)cc4)n3)ccc1-2. The Morgan fingerprint density at radius 1 is 0.286 bits per heavy atom. The lowest BCUT2D eigenvalue weighted by Crippen LogP contribution is -2.26. The van der Waals surface area contributed by atoms with Crippen molar-refractivity contribution in [1.29, 1.82) is 0 Å². The van der Waals surface area contributed by atoms with Crippen molar-refractivity contribution in [2.75, 3.05) is 0 Å². The average molecular weight is 714 g/mol. The molecular formula is C53H35N3. The van der Waals surface area contributed by atoms with Crippen molar-refractivity contribution in [3.63, 3.8) is 0 Å². The number of nitrogens with zero attached hydrogens (tertiary/aromatic N) is 3. The van der Waals surface area contributed by atoms with Crippen molar-refractivity contribution >= 4 is 0 Å². The maximum atomic E-state index is 5.24. The molecule has 0 saturated heterocycles. The van der Waals surface area contributed by atoms with Crippen LogP contribution in [0.15, 0.2) is 194 Å². The quantitative estimate of drug-likeness (QED) is 0.178. The molecule has 2 aliphatic carbocycles. The van der Waals surface area contributed by atoms with E-state index in [1.807, 2.05) is 12.1 Å². The number of aromatic nitrogens is 3. The molecule has 1 heterocycles. The summed E-state index contributed by atoms with van der Waals surface area (Å²) in [5, 5.41) is 0. The largest absolute Gasteiger partial charge is 0.208 e. The van der Waals surface area contributed by atoms with Gasteiger partial charge in [0.05, 0.1) is 5.41 Å². The molecule has 11 rings (SSSR count). The number of hydrogen-bond acceptors (Lipinski definition) is 3. The van der Waals surface area contributed by atoms with Crippen LogP contribution in [0.3, 0.4) is 0 Å². The molecule has 0 bridgehead atoms. The van der Waals surface area contributed by atoms with Gasteiger partial charge in [-0.2, -0.15) is 0 Å². The summed E-state index contributed by atoms with van der Waals surface area (Å²) in [6, 6.07) is 69.6. The van der Waals surface area contributed by atoms with Crippen molar-refractivity contribution in [3.8, 4) is 78.7 Å². The van der Waals surface area contributed by atoms with Crippen LogP contribution in [0.4, 0.5) is 0 Å². The van der Waals surface area contributed by atoms with Crippen molar-refractivity contribution < 1.29 is 0 Å². The van der Waals surface area contributed by atoms with Crippen LogP contribution in [0.2, 0.25) is 0 Å². The molecule has 0 radical (unpaired) electrons. The molecule has 0 fully saturated rings. The minimum Gasteiger partial charge on any atom is -0.208 e. The molecule has 262 valence electrons. The highest BCUT2D eigenvalue weighted by atomic mass is 15.0. The second kappa shape index (κ2) is 12.7. The molecule has 3 heteroatoms. The zero-order chi connectivity index (χ0) is 37.2. The van der Waals surface area contributed by atoms with Gasteiger partial charge in [-0.3, -0.25) is 0 Å². The second-order valence-electron chi connectivity index (χ2n) is 14.8. The van der Waals surface area contributed by atoms with Crippen LogP contribution in [-0.4, -0.2) is 15.0 Å². The smallest absolute Gasteiger partial charge is 0.164 e. The van der Waals surface area contributed by atoms with Crippen LogP contribution in [0.5, 0.6) is 0 Å². The number of benzene rings is 8. The third kappa shape index (κ3) is 4.94. The van der Waals surface area contributed by atoms with Gasteiger partial charge in [0.1, 0.15) is 0 Å². The number of hydrogen-bond donors (Lipinski definition) is 0. The van der Waals surface area contributed by atoms with Gasteiger partial charge < -0.3 is 0 Å². The Morgan fingerprint density at radius 3 is 1.16 bits per heavy atom. The third-order valence-electron chi connectivity index (χ3n) is 11.6. The summed E-state index contributed by atoms with van der Waals surface area (Å²) < 4.78 is 0. The van der Waals surface area contributed by atoms with Gasteiger partial charge in [-0.25, -0.2) is 15.0 Å². The van der Waals surface area contributed by atoms with E-state index in [4.69, 9.17) is 15.0 Å². The number of rotatable bonds is 5. The molecule has 1 spiro atoms. The van der Waals surface area contributed by atoms with Crippen LogP contribution >= 0.6 is 0 Å². The van der Waals surface area contributed by atoms with Gasteiger partial charge in [0, 0.05) is 16.7 Å². The average Bonchev–Trinajstić information content (AvgIpc) is 3.73. The van der Waals surface area contributed by atoms with Crippen molar-refractivity contribution in [3.05, 3.63) is 222 Å². The summed E-state index contributed by atoms with van der Waals surface area (Å²) in [4.78, 5) is 15.6. The van der Waals surface area contributed by atoms with E-state index in [1.54, 1.807) is 0 Å². The van der Waals surface area contributed by atoms with Crippen LogP contribution in [-0.2, 0) is 5.41 Å². The maximum absolute atomic E-state index is 5.24. The molecule has 1 aromatic heterocycles. The lowest BCUT2D eigenvalue weighted by Gasteiger charge is -2.30. The van der Waals surface area contributed by atoms with Crippen LogP contribution < -0.4 is 0 Å². The highest BCUT2D eigenvalue weighted by Gasteiger charge is 2.51. The number of fused-ring (bicyclic) bond motifs is 10. The Morgan fingerprint density at radius 2 is 0.643 bits per heavy atom. The van der Waals surface area contributed by atoms with Gasteiger partial charge in [-0.1, -0.05) is 194 Å². The minimum atomic E-state index is -0.459. The van der Waals surface area contributed by atoms with E-state index in [0.717, 1.165) is 27.8 Å². The predicted molar refractivity (Wildman–Crippen MR) is 228 cm³/mol. The Hall–Kier alpha value is -7.23. The molecule has 0 unspecified atom stereocenters. The summed E-state index contributed by atoms with van der Waals surface area (Å²) >= 11 is 0. The normalized spacial score (nSPS) is 12.9. The highest BCUT2D eigenvalue weighted by Crippen LogP contribution is 2.63. The zero-order valence-electron chi connectivity index (χ0n) is 30.8. The van der Waals surface area contributed by atoms with Gasteiger partial charge >= 0.3 is 0 Å². The summed E-state index contributed by atoms with van der Waals surface area (Å²) in [6.45, 7) is 2.20. The van der Waals surface area contributed by atoms with Crippen LogP contribution in [0.25, 0.3) is 78.7 Å². The van der Waals surface area contributed by atoms with E-state index < -0.39 is 5.41 Å². The van der Waals surface area contributed by atoms with E-state index >= 15 is 0 Å². The fraction of sp³-hybridized carbons (Fsp3) is 0.0377. The summed E-state index contributed by atoms with van der Waals surface area (Å²) in [6.07, 6.45) is 0. The van der Waals surface area contributed by atoms with Gasteiger partial charge in [-0.05, 0) is 79.8 Å². The first kappa shape index (κ1) is 32.2. The summed E-state index contributed by atoms with van der Waals surface area (Å²) in [7, 11) is 0. The molecule has 9 aromatic rings. The highest BCUT2D eigenvalue weighted by molar-refractivity contribution is 5.96. The van der Waals surface area contributed by atoms with E-state index in [0.29, 0.717) is 17.5 Å². The molecule has 8 aromatic carbocycles. The molecule has 56 heavy (non-hydrogen) atoms. The molecule has 0 saturated carbocycles. The first-order chi connectivity index (χ1) is 27.6. The zero-order valence-corrected chi connectivity index (χ0v) is 30.8. The Kier molecular flexibility index (Phi) is 7.30. The molecule has 3 nitrogen and oxygen atoms in total. The maximum Gasteiger partial charge on any atom is 0.164 e. The predicted octanol–water partition coefficient (Wildman–Crippen LogP) is 12.9. The molecular weight excluding hydrogens is 679 g/mol. The van der Waals surface area contributed by atoms with Crippen molar-refractivity contribution in [2.24, 2.45) is 0 Å². The Bertz CT molecular complexity index is 2800. The lowest BCUT2D eigenvalue weighted by molar-refractivity contribution is 0.792. The fourth-order valence-corrected chi connectivity index (χ4v) is 9.04. The second-order valence-corrected chi connectivity index (χ2v) is 14.8. The van der Waals surface area contributed by atoms with Crippen molar-refractivity contribution in [1.82, 2.24) is 15.0 Å². The first-order valence-electron chi connectivity index (χ1n) is 19.2. The molecule has 0 atom stereocenters. The third-order valence-corrected chi connectivity index (χ3v) is 11.6. The van der Waals surface area contributed by atoms with Gasteiger partial charge in [0.2, 0.25) is 0 Å². The van der Waals surface area contributed by atoms with Gasteiger partial charge in [0.15, 0.2) is 17.5 Å². The van der Waals surface area contributed by atoms with E-state index in [-0.39, 0.29) is 0 Å².